The zero-order valence-electron chi connectivity index (χ0n) is 19.0. The van der Waals surface area contributed by atoms with Gasteiger partial charge in [0.05, 0.1) is 18.0 Å². The number of nitrogens with two attached hydrogens (primary N) is 1. The van der Waals surface area contributed by atoms with Gasteiger partial charge >= 0.3 is 0 Å². The van der Waals surface area contributed by atoms with E-state index in [0.717, 1.165) is 47.5 Å². The van der Waals surface area contributed by atoms with Gasteiger partial charge in [0.15, 0.2) is 5.65 Å². The summed E-state index contributed by atoms with van der Waals surface area (Å²) in [6.07, 6.45) is 6.72. The van der Waals surface area contributed by atoms with Crippen LogP contribution in [0.3, 0.4) is 0 Å². The predicted octanol–water partition coefficient (Wildman–Crippen LogP) is 3.62. The van der Waals surface area contributed by atoms with Gasteiger partial charge in [-0.2, -0.15) is 0 Å². The summed E-state index contributed by atoms with van der Waals surface area (Å²) >= 11 is 0. The molecule has 2 N–H and O–H groups in total. The number of aromatic nitrogens is 4. The molecular formula is C25H25CrN6O2-. The van der Waals surface area contributed by atoms with Crippen molar-refractivity contribution in [2.75, 3.05) is 18.5 Å². The smallest absolute Gasteiger partial charge is 0.230 e. The number of nitrogens with zero attached hydrogens (tertiary/aromatic N) is 5. The van der Waals surface area contributed by atoms with Crippen molar-refractivity contribution in [3.8, 4) is 17.1 Å². The van der Waals surface area contributed by atoms with Gasteiger partial charge in [-0.3, -0.25) is 0 Å². The minimum Gasteiger partial charge on any atom is -0.487 e. The fraction of sp³-hybridized carbons (Fsp3) is 0.240. The summed E-state index contributed by atoms with van der Waals surface area (Å²) in [7, 11) is 1.50. The van der Waals surface area contributed by atoms with Crippen LogP contribution < -0.4 is 15.4 Å². The van der Waals surface area contributed by atoms with Crippen LogP contribution in [0.5, 0.6) is 5.88 Å². The van der Waals surface area contributed by atoms with Crippen LogP contribution in [0, 0.1) is 6.07 Å². The molecule has 4 aromatic rings. The largest absolute Gasteiger partial charge is 0.487 e. The summed E-state index contributed by atoms with van der Waals surface area (Å²) in [5.74, 6) is 2.56. The van der Waals surface area contributed by atoms with Crippen molar-refractivity contribution in [2.24, 2.45) is 5.73 Å². The molecule has 4 heterocycles. The number of allylic oxidation sites excluding steroid dienone is 1. The number of benzene rings is 1. The second-order valence-electron chi connectivity index (χ2n) is 7.41. The molecule has 9 heteroatoms. The second kappa shape index (κ2) is 11.6. The number of hydrogen-bond acceptors (Lipinski definition) is 7. The van der Waals surface area contributed by atoms with E-state index in [2.05, 4.69) is 32.8 Å². The summed E-state index contributed by atoms with van der Waals surface area (Å²) in [6.45, 7) is 2.79. The van der Waals surface area contributed by atoms with Crippen LogP contribution in [0.15, 0.2) is 66.8 Å². The zero-order valence-corrected chi connectivity index (χ0v) is 20.3. The molecule has 1 fully saturated rings. The first-order chi connectivity index (χ1) is 16.2. The summed E-state index contributed by atoms with van der Waals surface area (Å²) in [4.78, 5) is 21.7. The van der Waals surface area contributed by atoms with Gasteiger partial charge in [0.2, 0.25) is 5.88 Å². The number of pyridine rings is 1. The Balaban J connectivity index is 0.00000105. The summed E-state index contributed by atoms with van der Waals surface area (Å²) in [6, 6.07) is 16.6. The van der Waals surface area contributed by atoms with E-state index < -0.39 is 0 Å². The minimum atomic E-state index is -0.207. The third-order valence-corrected chi connectivity index (χ3v) is 5.44. The second-order valence-corrected chi connectivity index (χ2v) is 7.41. The molecule has 0 amide bonds. The maximum atomic E-state index is 11.1. The standard InChI is InChI=1S/C24H20N5O2.CH5N.Cr/c1-17(19-4-2-12-25-14-19)31-24-11-10-23-26-15-22(29(23)27-24)18-6-8-20(9-7-18)28-13-3-5-21(28)16-30;1-2;/h4,6-12,14-15,17H,3,5,13H2,1H3;2H2,1H3;/q-1;;. The van der Waals surface area contributed by atoms with E-state index in [1.54, 1.807) is 23.1 Å². The number of ether oxygens (including phenoxy) is 1. The van der Waals surface area contributed by atoms with Crippen LogP contribution in [0.4, 0.5) is 5.69 Å². The molecule has 1 aliphatic heterocycles. The summed E-state index contributed by atoms with van der Waals surface area (Å²) < 4.78 is 7.79. The molecule has 3 aromatic heterocycles. The molecule has 1 aliphatic rings. The number of anilines is 1. The average molecular weight is 494 g/mol. The van der Waals surface area contributed by atoms with E-state index >= 15 is 0 Å². The van der Waals surface area contributed by atoms with E-state index in [9.17, 15) is 4.79 Å². The van der Waals surface area contributed by atoms with Gasteiger partial charge in [-0.25, -0.2) is 26.4 Å². The van der Waals surface area contributed by atoms with Gasteiger partial charge in [-0.15, -0.1) is 10.7 Å². The van der Waals surface area contributed by atoms with Crippen LogP contribution in [-0.4, -0.2) is 39.1 Å². The Labute approximate surface area is 209 Å². The Hall–Kier alpha value is -3.47. The Kier molecular flexibility index (Phi) is 8.58. The monoisotopic (exact) mass is 493 g/mol. The number of imidazole rings is 1. The average Bonchev–Trinajstić information content (AvgIpc) is 3.53. The fourth-order valence-corrected chi connectivity index (χ4v) is 3.80. The first-order valence-electron chi connectivity index (χ1n) is 10.7. The van der Waals surface area contributed by atoms with E-state index in [1.165, 1.54) is 7.05 Å². The van der Waals surface area contributed by atoms with Crippen LogP contribution in [0.25, 0.3) is 16.9 Å². The van der Waals surface area contributed by atoms with Gasteiger partial charge < -0.3 is 20.4 Å². The molecule has 1 atom stereocenters. The SMILES string of the molecule is CC(Oc1ccc2ncc(-c3ccc(N4CCCC4=C=O)cc3)n2n1)c1c[c-]cnc1.CN.[Cr]. The molecule has 0 radical (unpaired) electrons. The van der Waals surface area contributed by atoms with Gasteiger partial charge in [0, 0.05) is 47.6 Å². The molecule has 0 saturated carbocycles. The molecule has 0 bridgehead atoms. The summed E-state index contributed by atoms with van der Waals surface area (Å²) in [5, 5.41) is 4.64. The topological polar surface area (TPSA) is 98.6 Å². The Morgan fingerprint density at radius 2 is 1.94 bits per heavy atom. The van der Waals surface area contributed by atoms with Gasteiger partial charge in [-0.05, 0) is 44.8 Å². The molecule has 1 saturated heterocycles. The van der Waals surface area contributed by atoms with Crippen molar-refractivity contribution in [1.29, 1.82) is 0 Å². The molecule has 5 rings (SSSR count). The quantitative estimate of drug-likeness (QED) is 0.335. The minimum absolute atomic E-state index is 0. The molecule has 1 aromatic carbocycles. The first kappa shape index (κ1) is 25.2. The van der Waals surface area contributed by atoms with Crippen LogP contribution in [0.1, 0.15) is 31.4 Å². The molecule has 1 unspecified atom stereocenters. The number of carbonyl (C=O) groups excluding carboxylic acids is 1. The van der Waals surface area contributed by atoms with Gasteiger partial charge in [0.1, 0.15) is 11.6 Å². The van der Waals surface area contributed by atoms with Crippen molar-refractivity contribution >= 4 is 17.3 Å². The van der Waals surface area contributed by atoms with E-state index in [0.29, 0.717) is 11.6 Å². The third-order valence-electron chi connectivity index (χ3n) is 5.44. The van der Waals surface area contributed by atoms with Crippen LogP contribution in [-0.2, 0) is 22.2 Å². The Morgan fingerprint density at radius 1 is 1.15 bits per heavy atom. The number of rotatable bonds is 5. The molecule has 174 valence electrons. The van der Waals surface area contributed by atoms with Gasteiger partial charge in [-0.1, -0.05) is 18.3 Å². The van der Waals surface area contributed by atoms with E-state index in [-0.39, 0.29) is 23.5 Å². The maximum absolute atomic E-state index is 11.1. The van der Waals surface area contributed by atoms with Gasteiger partial charge in [0.25, 0.3) is 0 Å². The Morgan fingerprint density at radius 3 is 2.65 bits per heavy atom. The zero-order chi connectivity index (χ0) is 23.2. The van der Waals surface area contributed by atoms with E-state index in [4.69, 9.17) is 4.74 Å². The third kappa shape index (κ3) is 5.19. The summed E-state index contributed by atoms with van der Waals surface area (Å²) in [5.41, 5.74) is 9.71. The van der Waals surface area contributed by atoms with Crippen LogP contribution >= 0.6 is 0 Å². The molecule has 0 aliphatic carbocycles. The first-order valence-corrected chi connectivity index (χ1v) is 10.7. The Bertz CT molecular complexity index is 1270. The molecular weight excluding hydrogens is 468 g/mol. The van der Waals surface area contributed by atoms with Crippen molar-refractivity contribution in [3.63, 3.8) is 0 Å². The normalized spacial score (nSPS) is 13.5. The molecule has 8 nitrogen and oxygen atoms in total. The van der Waals surface area contributed by atoms with Crippen molar-refractivity contribution in [2.45, 2.75) is 25.9 Å². The van der Waals surface area contributed by atoms with Crippen molar-refractivity contribution in [3.05, 3.63) is 78.4 Å². The fourth-order valence-electron chi connectivity index (χ4n) is 3.80. The number of fused-ring (bicyclic) bond motifs is 1. The maximum Gasteiger partial charge on any atom is 0.230 e. The van der Waals surface area contributed by atoms with Crippen molar-refractivity contribution in [1.82, 2.24) is 19.6 Å². The predicted molar refractivity (Wildman–Crippen MR) is 126 cm³/mol. The molecule has 0 spiro atoms. The molecule has 34 heavy (non-hydrogen) atoms. The van der Waals surface area contributed by atoms with Crippen LogP contribution in [0.2, 0.25) is 0 Å². The van der Waals surface area contributed by atoms with E-state index in [1.807, 2.05) is 54.3 Å². The number of hydrogen-bond donors (Lipinski definition) is 1. The van der Waals surface area contributed by atoms with Crippen molar-refractivity contribution < 1.29 is 26.9 Å².